The molecule has 39 heavy (non-hydrogen) atoms. The lowest BCUT2D eigenvalue weighted by Gasteiger charge is -2.26. The quantitative estimate of drug-likeness (QED) is 0.112. The summed E-state index contributed by atoms with van der Waals surface area (Å²) in [6.45, 7) is 1.24. The van der Waals surface area contributed by atoms with Gasteiger partial charge in [0.2, 0.25) is 23.6 Å². The summed E-state index contributed by atoms with van der Waals surface area (Å²) in [7, 11) is 0. The number of hydrogen-bond donors (Lipinski definition) is 9. The highest BCUT2D eigenvalue weighted by molar-refractivity contribution is 5.94. The van der Waals surface area contributed by atoms with Gasteiger partial charge in [0.25, 0.3) is 0 Å². The number of carboxylic acid groups (broad SMARTS) is 1. The number of aliphatic hydroxyl groups excluding tert-OH is 1. The van der Waals surface area contributed by atoms with Crippen molar-refractivity contribution < 1.29 is 39.3 Å². The second kappa shape index (κ2) is 14.4. The number of aromatic hydroxyl groups is 1. The van der Waals surface area contributed by atoms with E-state index in [0.29, 0.717) is 11.3 Å². The van der Waals surface area contributed by atoms with Gasteiger partial charge in [-0.1, -0.05) is 12.1 Å². The minimum Gasteiger partial charge on any atom is -0.508 e. The number of imidazole rings is 1. The molecule has 5 atom stereocenters. The van der Waals surface area contributed by atoms with E-state index in [1.807, 2.05) is 0 Å². The molecular formula is C24H33N7O8. The van der Waals surface area contributed by atoms with Crippen molar-refractivity contribution in [3.63, 3.8) is 0 Å². The van der Waals surface area contributed by atoms with E-state index in [0.717, 1.165) is 0 Å². The third kappa shape index (κ3) is 10.1. The topological polar surface area (TPSA) is 263 Å². The van der Waals surface area contributed by atoms with Crippen LogP contribution in [0.15, 0.2) is 36.8 Å². The molecule has 0 aliphatic heterocycles. The molecular weight excluding hydrogens is 514 g/mol. The number of nitrogens with one attached hydrogen (secondary N) is 4. The summed E-state index contributed by atoms with van der Waals surface area (Å²) in [6.07, 6.45) is 0.865. The maximum absolute atomic E-state index is 13.2. The number of nitrogens with two attached hydrogens (primary N) is 2. The van der Waals surface area contributed by atoms with Crippen LogP contribution in [0, 0.1) is 0 Å². The molecule has 0 aliphatic rings. The maximum Gasteiger partial charge on any atom is 0.326 e. The molecule has 5 unspecified atom stereocenters. The Hall–Kier alpha value is -4.50. The van der Waals surface area contributed by atoms with E-state index >= 15 is 0 Å². The number of aromatic amines is 1. The summed E-state index contributed by atoms with van der Waals surface area (Å²) >= 11 is 0. The molecule has 212 valence electrons. The number of amides is 4. The Bertz CT molecular complexity index is 1140. The Labute approximate surface area is 223 Å². The van der Waals surface area contributed by atoms with Crippen LogP contribution in [0.3, 0.4) is 0 Å². The van der Waals surface area contributed by atoms with Gasteiger partial charge >= 0.3 is 5.97 Å². The Kier molecular flexibility index (Phi) is 11.4. The van der Waals surface area contributed by atoms with E-state index in [4.69, 9.17) is 11.5 Å². The van der Waals surface area contributed by atoms with Gasteiger partial charge in [-0.3, -0.25) is 19.2 Å². The van der Waals surface area contributed by atoms with Gasteiger partial charge in [-0.15, -0.1) is 0 Å². The number of aliphatic hydroxyl groups is 1. The van der Waals surface area contributed by atoms with Gasteiger partial charge in [0.15, 0.2) is 0 Å². The Morgan fingerprint density at radius 3 is 2.15 bits per heavy atom. The summed E-state index contributed by atoms with van der Waals surface area (Å²) in [4.78, 5) is 68.1. The predicted molar refractivity (Wildman–Crippen MR) is 136 cm³/mol. The number of aliphatic carboxylic acids is 1. The SMILES string of the molecule is CC(O)C(NC(=O)C(N)CCC(N)=O)C(=O)NC(Cc1cnc[nH]1)C(=O)NC(Cc1ccc(O)cc1)C(=O)O. The lowest BCUT2D eigenvalue weighted by atomic mass is 10.0. The summed E-state index contributed by atoms with van der Waals surface area (Å²) < 4.78 is 0. The molecule has 1 heterocycles. The molecule has 4 amide bonds. The van der Waals surface area contributed by atoms with Crippen LogP contribution in [0.2, 0.25) is 0 Å². The predicted octanol–water partition coefficient (Wildman–Crippen LogP) is -2.59. The second-order valence-corrected chi connectivity index (χ2v) is 8.95. The average Bonchev–Trinajstić information content (AvgIpc) is 3.38. The first kappa shape index (κ1) is 30.7. The molecule has 1 aromatic heterocycles. The Balaban J connectivity index is 2.17. The molecule has 0 bridgehead atoms. The highest BCUT2D eigenvalue weighted by Gasteiger charge is 2.33. The molecule has 15 nitrogen and oxygen atoms in total. The van der Waals surface area contributed by atoms with Crippen molar-refractivity contribution in [2.45, 2.75) is 62.9 Å². The van der Waals surface area contributed by atoms with Gasteiger partial charge in [-0.05, 0) is 31.0 Å². The van der Waals surface area contributed by atoms with Crippen molar-refractivity contribution in [1.29, 1.82) is 0 Å². The fourth-order valence-electron chi connectivity index (χ4n) is 3.52. The van der Waals surface area contributed by atoms with Gasteiger partial charge in [0, 0.05) is 31.2 Å². The molecule has 0 saturated carbocycles. The number of benzene rings is 1. The van der Waals surface area contributed by atoms with Crippen LogP contribution >= 0.6 is 0 Å². The number of carbonyl (C=O) groups excluding carboxylic acids is 4. The van der Waals surface area contributed by atoms with Gasteiger partial charge in [-0.25, -0.2) is 9.78 Å². The minimum absolute atomic E-state index is 0.00873. The monoisotopic (exact) mass is 547 g/mol. The van der Waals surface area contributed by atoms with Crippen molar-refractivity contribution in [3.8, 4) is 5.75 Å². The minimum atomic E-state index is -1.53. The molecule has 0 spiro atoms. The molecule has 15 heteroatoms. The standard InChI is InChI=1S/C24H33N7O8/c1-12(32)20(31-21(35)16(25)6-7-19(26)34)23(37)29-17(9-14-10-27-11-28-14)22(36)30-18(24(38)39)8-13-2-4-15(33)5-3-13/h2-5,10-12,16-18,20,32-33H,6-9,25H2,1H3,(H2,26,34)(H,27,28)(H,29,37)(H,30,36)(H,31,35)(H,38,39). The van der Waals surface area contributed by atoms with E-state index < -0.39 is 59.9 Å². The van der Waals surface area contributed by atoms with Crippen LogP contribution in [-0.2, 0) is 36.8 Å². The lowest BCUT2D eigenvalue weighted by molar-refractivity contribution is -0.142. The van der Waals surface area contributed by atoms with Crippen LogP contribution in [0.25, 0.3) is 0 Å². The largest absolute Gasteiger partial charge is 0.508 e. The molecule has 1 aromatic carbocycles. The summed E-state index contributed by atoms with van der Waals surface area (Å²) in [5.74, 6) is -4.62. The number of rotatable bonds is 15. The van der Waals surface area contributed by atoms with Crippen molar-refractivity contribution in [1.82, 2.24) is 25.9 Å². The summed E-state index contributed by atoms with van der Waals surface area (Å²) in [5, 5.41) is 36.4. The van der Waals surface area contributed by atoms with Crippen molar-refractivity contribution >= 4 is 29.6 Å². The van der Waals surface area contributed by atoms with Crippen LogP contribution in [0.1, 0.15) is 31.0 Å². The fourth-order valence-corrected chi connectivity index (χ4v) is 3.52. The van der Waals surface area contributed by atoms with Crippen LogP contribution < -0.4 is 27.4 Å². The van der Waals surface area contributed by atoms with Gasteiger partial charge in [-0.2, -0.15) is 0 Å². The maximum atomic E-state index is 13.2. The number of carboxylic acids is 1. The number of hydrogen-bond acceptors (Lipinski definition) is 9. The Morgan fingerprint density at radius 2 is 1.62 bits per heavy atom. The molecule has 2 rings (SSSR count). The highest BCUT2D eigenvalue weighted by Crippen LogP contribution is 2.12. The van der Waals surface area contributed by atoms with E-state index in [2.05, 4.69) is 25.9 Å². The molecule has 2 aromatic rings. The van der Waals surface area contributed by atoms with Crippen molar-refractivity contribution in [3.05, 3.63) is 48.0 Å². The summed E-state index contributed by atoms with van der Waals surface area (Å²) in [5.41, 5.74) is 11.8. The molecule has 0 aliphatic carbocycles. The van der Waals surface area contributed by atoms with Crippen LogP contribution in [0.5, 0.6) is 5.75 Å². The zero-order valence-electron chi connectivity index (χ0n) is 21.2. The summed E-state index contributed by atoms with van der Waals surface area (Å²) in [6, 6.07) is 0.341. The first-order chi connectivity index (χ1) is 18.4. The highest BCUT2D eigenvalue weighted by atomic mass is 16.4. The Morgan fingerprint density at radius 1 is 0.974 bits per heavy atom. The van der Waals surface area contributed by atoms with E-state index in [1.165, 1.54) is 43.7 Å². The molecule has 0 radical (unpaired) electrons. The van der Waals surface area contributed by atoms with Crippen molar-refractivity contribution in [2.75, 3.05) is 0 Å². The zero-order valence-corrected chi connectivity index (χ0v) is 21.2. The number of phenols is 1. The zero-order chi connectivity index (χ0) is 29.1. The van der Waals surface area contributed by atoms with E-state index in [9.17, 15) is 39.3 Å². The first-order valence-corrected chi connectivity index (χ1v) is 12.0. The third-order valence-electron chi connectivity index (χ3n) is 5.70. The van der Waals surface area contributed by atoms with E-state index in [1.54, 1.807) is 0 Å². The van der Waals surface area contributed by atoms with E-state index in [-0.39, 0.29) is 31.4 Å². The van der Waals surface area contributed by atoms with Gasteiger partial charge in [0.05, 0.1) is 18.5 Å². The molecule has 0 saturated heterocycles. The number of aromatic nitrogens is 2. The smallest absolute Gasteiger partial charge is 0.326 e. The third-order valence-corrected chi connectivity index (χ3v) is 5.70. The normalized spacial score (nSPS) is 14.7. The first-order valence-electron chi connectivity index (χ1n) is 12.0. The van der Waals surface area contributed by atoms with Gasteiger partial charge < -0.3 is 47.7 Å². The number of H-pyrrole nitrogens is 1. The number of carbonyl (C=O) groups is 5. The number of nitrogens with zero attached hydrogens (tertiary/aromatic N) is 1. The van der Waals surface area contributed by atoms with Gasteiger partial charge in [0.1, 0.15) is 23.9 Å². The average molecular weight is 548 g/mol. The lowest BCUT2D eigenvalue weighted by Crippen LogP contribution is -2.60. The second-order valence-electron chi connectivity index (χ2n) is 8.95. The van der Waals surface area contributed by atoms with Crippen LogP contribution in [-0.4, -0.2) is 85.2 Å². The van der Waals surface area contributed by atoms with Crippen molar-refractivity contribution in [2.24, 2.45) is 11.5 Å². The number of phenolic OH excluding ortho intramolecular Hbond substituents is 1. The molecule has 11 N–H and O–H groups in total. The fraction of sp³-hybridized carbons (Fsp3) is 0.417. The van der Waals surface area contributed by atoms with Crippen LogP contribution in [0.4, 0.5) is 0 Å². The molecule has 0 fully saturated rings. The number of primary amides is 1.